The fourth-order valence-electron chi connectivity index (χ4n) is 5.19. The van der Waals surface area contributed by atoms with E-state index in [0.29, 0.717) is 0 Å². The third-order valence-corrected chi connectivity index (χ3v) is 6.86. The van der Waals surface area contributed by atoms with Crippen molar-refractivity contribution in [2.45, 2.75) is 50.9 Å². The summed E-state index contributed by atoms with van der Waals surface area (Å²) in [7, 11) is 0. The molecule has 34 heavy (non-hydrogen) atoms. The normalized spacial score (nSPS) is 14.1. The van der Waals surface area contributed by atoms with E-state index in [1.165, 1.54) is 41.5 Å². The van der Waals surface area contributed by atoms with E-state index in [1.54, 1.807) is 12.1 Å². The molecule has 1 aromatic heterocycles. The predicted octanol–water partition coefficient (Wildman–Crippen LogP) is 8.08. The van der Waals surface area contributed by atoms with Crippen LogP contribution in [0.4, 0.5) is 5.69 Å². The number of hydrogen-bond acceptors (Lipinski definition) is 3. The van der Waals surface area contributed by atoms with Crippen LogP contribution >= 0.6 is 0 Å². The molecule has 0 spiro atoms. The van der Waals surface area contributed by atoms with Crippen molar-refractivity contribution in [2.75, 3.05) is 0 Å². The fourth-order valence-corrected chi connectivity index (χ4v) is 5.19. The first kappa shape index (κ1) is 22.1. The summed E-state index contributed by atoms with van der Waals surface area (Å²) >= 11 is 0. The van der Waals surface area contributed by atoms with Gasteiger partial charge in [-0.3, -0.25) is 10.1 Å². The van der Waals surface area contributed by atoms with Gasteiger partial charge in [0.25, 0.3) is 5.69 Å². The Morgan fingerprint density at radius 3 is 1.85 bits per heavy atom. The smallest absolute Gasteiger partial charge is 0.269 e. The molecule has 0 unspecified atom stereocenters. The highest BCUT2D eigenvalue weighted by Crippen LogP contribution is 2.44. The molecule has 4 heteroatoms. The van der Waals surface area contributed by atoms with Crippen molar-refractivity contribution in [3.05, 3.63) is 123 Å². The van der Waals surface area contributed by atoms with Gasteiger partial charge in [-0.05, 0) is 48.1 Å². The van der Waals surface area contributed by atoms with Crippen LogP contribution in [0.1, 0.15) is 66.0 Å². The van der Waals surface area contributed by atoms with E-state index in [0.717, 1.165) is 42.8 Å². The van der Waals surface area contributed by atoms with E-state index in [1.807, 2.05) is 24.3 Å². The van der Waals surface area contributed by atoms with Crippen molar-refractivity contribution in [3.63, 3.8) is 0 Å². The molecule has 0 N–H and O–H groups in total. The van der Waals surface area contributed by atoms with E-state index < -0.39 is 0 Å². The Kier molecular flexibility index (Phi) is 6.57. The van der Waals surface area contributed by atoms with Gasteiger partial charge < -0.3 is 4.42 Å². The maximum Gasteiger partial charge on any atom is 0.269 e. The first-order chi connectivity index (χ1) is 16.7. The molecule has 0 saturated heterocycles. The number of nitro benzene ring substituents is 1. The number of furan rings is 1. The zero-order valence-corrected chi connectivity index (χ0v) is 19.3. The molecule has 1 aliphatic carbocycles. The number of rotatable bonds is 5. The van der Waals surface area contributed by atoms with Gasteiger partial charge in [-0.1, -0.05) is 79.9 Å². The van der Waals surface area contributed by atoms with Crippen molar-refractivity contribution in [1.82, 2.24) is 0 Å². The molecule has 172 valence electrons. The van der Waals surface area contributed by atoms with Gasteiger partial charge in [-0.25, -0.2) is 0 Å². The topological polar surface area (TPSA) is 56.3 Å². The highest BCUT2D eigenvalue weighted by atomic mass is 16.6. The Hall–Kier alpha value is -3.66. The number of benzene rings is 3. The molecular formula is C30H29NO3. The van der Waals surface area contributed by atoms with Gasteiger partial charge in [0.05, 0.1) is 4.92 Å². The Morgan fingerprint density at radius 2 is 1.26 bits per heavy atom. The van der Waals surface area contributed by atoms with Gasteiger partial charge in [0, 0.05) is 35.6 Å². The van der Waals surface area contributed by atoms with E-state index in [4.69, 9.17) is 4.42 Å². The van der Waals surface area contributed by atoms with Crippen molar-refractivity contribution in [1.29, 1.82) is 0 Å². The van der Waals surface area contributed by atoms with Gasteiger partial charge in [-0.15, -0.1) is 0 Å². The quantitative estimate of drug-likeness (QED) is 0.228. The van der Waals surface area contributed by atoms with Crippen LogP contribution in [0.5, 0.6) is 0 Å². The first-order valence-corrected chi connectivity index (χ1v) is 12.2. The van der Waals surface area contributed by atoms with Crippen LogP contribution in [0.25, 0.3) is 11.3 Å². The molecule has 4 aromatic rings. The minimum atomic E-state index is -0.355. The highest BCUT2D eigenvalue weighted by Gasteiger charge is 2.30. The molecule has 0 radical (unpaired) electrons. The molecule has 3 aromatic carbocycles. The molecular weight excluding hydrogens is 422 g/mol. The zero-order valence-electron chi connectivity index (χ0n) is 19.3. The van der Waals surface area contributed by atoms with Crippen LogP contribution < -0.4 is 0 Å². The van der Waals surface area contributed by atoms with E-state index >= 15 is 0 Å². The van der Waals surface area contributed by atoms with Crippen LogP contribution in [-0.2, 0) is 12.8 Å². The van der Waals surface area contributed by atoms with Crippen molar-refractivity contribution >= 4 is 5.69 Å². The fraction of sp³-hybridized carbons (Fsp3) is 0.267. The summed E-state index contributed by atoms with van der Waals surface area (Å²) in [6.07, 6.45) is 7.94. The summed E-state index contributed by atoms with van der Waals surface area (Å²) < 4.78 is 6.67. The molecule has 1 aliphatic rings. The number of aryl methyl sites for hydroxylation is 1. The van der Waals surface area contributed by atoms with E-state index in [9.17, 15) is 10.1 Å². The molecule has 5 rings (SSSR count). The Labute approximate surface area is 200 Å². The number of non-ortho nitro benzene ring substituents is 1. The second kappa shape index (κ2) is 10.1. The second-order valence-electron chi connectivity index (χ2n) is 9.07. The minimum absolute atomic E-state index is 0.0286. The predicted molar refractivity (Wildman–Crippen MR) is 135 cm³/mol. The van der Waals surface area contributed by atoms with Crippen molar-refractivity contribution in [2.24, 2.45) is 0 Å². The standard InChI is InChI=1S/C30H29NO3/c32-31(33)25-20-18-24(19-21-25)30-29(26-16-10-2-1-3-11-17-27(26)34-30)28(22-12-6-4-7-13-22)23-14-8-5-9-15-23/h4-9,12-15,18-21,28H,1-3,10-11,16-17H2. The lowest BCUT2D eigenvalue weighted by Gasteiger charge is -2.21. The molecule has 1 heterocycles. The second-order valence-corrected chi connectivity index (χ2v) is 9.07. The lowest BCUT2D eigenvalue weighted by atomic mass is 9.81. The summed E-state index contributed by atoms with van der Waals surface area (Å²) in [5.74, 6) is 1.96. The average Bonchev–Trinajstić information content (AvgIpc) is 3.27. The molecule has 0 aliphatic heterocycles. The highest BCUT2D eigenvalue weighted by molar-refractivity contribution is 5.69. The first-order valence-electron chi connectivity index (χ1n) is 12.2. The van der Waals surface area contributed by atoms with Crippen molar-refractivity contribution in [3.8, 4) is 11.3 Å². The molecule has 0 bridgehead atoms. The number of nitro groups is 1. The van der Waals surface area contributed by atoms with E-state index in [2.05, 4.69) is 48.5 Å². The largest absolute Gasteiger partial charge is 0.460 e. The maximum atomic E-state index is 11.2. The van der Waals surface area contributed by atoms with Gasteiger partial charge in [0.15, 0.2) is 0 Å². The average molecular weight is 452 g/mol. The monoisotopic (exact) mass is 451 g/mol. The molecule has 0 saturated carbocycles. The lowest BCUT2D eigenvalue weighted by molar-refractivity contribution is -0.384. The maximum absolute atomic E-state index is 11.2. The van der Waals surface area contributed by atoms with Gasteiger partial charge in [0.2, 0.25) is 0 Å². The van der Waals surface area contributed by atoms with Crippen LogP contribution in [0.2, 0.25) is 0 Å². The van der Waals surface area contributed by atoms with Gasteiger partial charge >= 0.3 is 0 Å². The van der Waals surface area contributed by atoms with E-state index in [-0.39, 0.29) is 16.5 Å². The number of hydrogen-bond donors (Lipinski definition) is 0. The van der Waals surface area contributed by atoms with Crippen LogP contribution in [0.15, 0.2) is 89.3 Å². The van der Waals surface area contributed by atoms with Crippen LogP contribution in [-0.4, -0.2) is 4.92 Å². The summed E-state index contributed by atoms with van der Waals surface area (Å²) in [5.41, 5.74) is 5.97. The summed E-state index contributed by atoms with van der Waals surface area (Å²) in [5, 5.41) is 11.2. The third-order valence-electron chi connectivity index (χ3n) is 6.86. The van der Waals surface area contributed by atoms with Gasteiger partial charge in [0.1, 0.15) is 11.5 Å². The Balaban J connectivity index is 1.74. The molecule has 4 nitrogen and oxygen atoms in total. The zero-order chi connectivity index (χ0) is 23.3. The molecule has 0 fully saturated rings. The van der Waals surface area contributed by atoms with Crippen molar-refractivity contribution < 1.29 is 9.34 Å². The van der Waals surface area contributed by atoms with Gasteiger partial charge in [-0.2, -0.15) is 0 Å². The van der Waals surface area contributed by atoms with Crippen LogP contribution in [0, 0.1) is 10.1 Å². The van der Waals surface area contributed by atoms with Crippen LogP contribution in [0.3, 0.4) is 0 Å². The minimum Gasteiger partial charge on any atom is -0.460 e. The lowest BCUT2D eigenvalue weighted by Crippen LogP contribution is -2.07. The summed E-state index contributed by atoms with van der Waals surface area (Å²) in [6, 6.07) is 28.0. The molecule has 0 atom stereocenters. The Morgan fingerprint density at radius 1 is 0.706 bits per heavy atom. The molecule has 0 amide bonds. The SMILES string of the molecule is O=[N+]([O-])c1ccc(-c2oc3c(c2C(c2ccccc2)c2ccccc2)CCCCCCC3)cc1. The summed E-state index contributed by atoms with van der Waals surface area (Å²) in [4.78, 5) is 10.9. The summed E-state index contributed by atoms with van der Waals surface area (Å²) in [6.45, 7) is 0. The third kappa shape index (κ3) is 4.54. The Bertz CT molecular complexity index is 1200. The number of nitrogens with zero attached hydrogens (tertiary/aromatic N) is 1. The number of fused-ring (bicyclic) bond motifs is 1.